The van der Waals surface area contributed by atoms with Crippen molar-refractivity contribution in [2.24, 2.45) is 0 Å². The molecular formula is C29H36O10. The van der Waals surface area contributed by atoms with E-state index in [1.54, 1.807) is 0 Å². The van der Waals surface area contributed by atoms with Gasteiger partial charge in [-0.3, -0.25) is 9.59 Å². The summed E-state index contributed by atoms with van der Waals surface area (Å²) in [5.74, 6) is -0.865. The zero-order valence-electron chi connectivity index (χ0n) is 22.0. The first-order valence-corrected chi connectivity index (χ1v) is 13.0. The summed E-state index contributed by atoms with van der Waals surface area (Å²) >= 11 is 0. The number of carbonyl (C=O) groups excluding carboxylic acids is 4. The molecule has 10 nitrogen and oxygen atoms in total. The molecule has 0 fully saturated rings. The van der Waals surface area contributed by atoms with Crippen LogP contribution in [0.25, 0.3) is 0 Å². The predicted molar refractivity (Wildman–Crippen MR) is 139 cm³/mol. The summed E-state index contributed by atoms with van der Waals surface area (Å²) in [6.07, 6.45) is 4.69. The summed E-state index contributed by atoms with van der Waals surface area (Å²) in [4.78, 5) is 46.4. The average Bonchev–Trinajstić information content (AvgIpc) is 2.95. The smallest absolute Gasteiger partial charge is 0.429 e. The average molecular weight is 545 g/mol. The van der Waals surface area contributed by atoms with Crippen molar-refractivity contribution in [1.29, 1.82) is 0 Å². The van der Waals surface area contributed by atoms with E-state index in [4.69, 9.17) is 28.4 Å². The van der Waals surface area contributed by atoms with Crippen molar-refractivity contribution in [2.75, 3.05) is 13.6 Å². The largest absolute Gasteiger partial charge is 0.511 e. The molecule has 0 bridgehead atoms. The van der Waals surface area contributed by atoms with E-state index in [9.17, 15) is 19.2 Å². The van der Waals surface area contributed by atoms with Crippen molar-refractivity contribution < 1.29 is 47.6 Å². The molecule has 0 amide bonds. The maximum Gasteiger partial charge on any atom is 0.511 e. The van der Waals surface area contributed by atoms with Gasteiger partial charge in [0.1, 0.15) is 13.2 Å². The van der Waals surface area contributed by atoms with E-state index >= 15 is 0 Å². The number of hydrogen-bond donors (Lipinski definition) is 0. The molecule has 0 atom stereocenters. The van der Waals surface area contributed by atoms with Crippen molar-refractivity contribution in [3.63, 3.8) is 0 Å². The fourth-order valence-corrected chi connectivity index (χ4v) is 3.37. The lowest BCUT2D eigenvalue weighted by Gasteiger charge is -2.07. The minimum atomic E-state index is -0.896. The van der Waals surface area contributed by atoms with Gasteiger partial charge in [0, 0.05) is 12.8 Å². The Morgan fingerprint density at radius 3 is 1.18 bits per heavy atom. The maximum atomic E-state index is 11.7. The lowest BCUT2D eigenvalue weighted by atomic mass is 10.1. The fraction of sp³-hybridized carbons (Fsp3) is 0.448. The van der Waals surface area contributed by atoms with Crippen LogP contribution in [0, 0.1) is 0 Å². The van der Waals surface area contributed by atoms with Crippen LogP contribution < -0.4 is 0 Å². The van der Waals surface area contributed by atoms with Gasteiger partial charge in [0.2, 0.25) is 13.6 Å². The van der Waals surface area contributed by atoms with E-state index in [-0.39, 0.29) is 26.1 Å². The highest BCUT2D eigenvalue weighted by atomic mass is 16.8. The van der Waals surface area contributed by atoms with Gasteiger partial charge in [-0.2, -0.15) is 0 Å². The Balaban J connectivity index is 1.33. The van der Waals surface area contributed by atoms with Gasteiger partial charge in [0.15, 0.2) is 0 Å². The van der Waals surface area contributed by atoms with E-state index in [1.165, 1.54) is 0 Å². The Morgan fingerprint density at radius 2 is 0.795 bits per heavy atom. The van der Waals surface area contributed by atoms with Gasteiger partial charge in [-0.05, 0) is 24.0 Å². The Hall–Kier alpha value is -4.08. The molecule has 0 spiro atoms. The SMILES string of the molecule is O=C(CCCCCCCCCC(=O)OCOC(=O)OCc1ccccc1)OCOC(=O)OCc1ccccc1. The Bertz CT molecular complexity index is 899. The van der Waals surface area contributed by atoms with Gasteiger partial charge < -0.3 is 28.4 Å². The first kappa shape index (κ1) is 31.1. The molecule has 0 radical (unpaired) electrons. The molecule has 0 aliphatic carbocycles. The summed E-state index contributed by atoms with van der Waals surface area (Å²) in [5, 5.41) is 0. The predicted octanol–water partition coefficient (Wildman–Crippen LogP) is 6.21. The summed E-state index contributed by atoms with van der Waals surface area (Å²) in [7, 11) is 0. The van der Waals surface area contributed by atoms with Crippen molar-refractivity contribution in [3.8, 4) is 0 Å². The van der Waals surface area contributed by atoms with Gasteiger partial charge in [-0.25, -0.2) is 9.59 Å². The molecule has 0 aromatic heterocycles. The van der Waals surface area contributed by atoms with Gasteiger partial charge in [-0.1, -0.05) is 92.8 Å². The molecule has 0 aliphatic rings. The first-order valence-electron chi connectivity index (χ1n) is 13.0. The van der Waals surface area contributed by atoms with Gasteiger partial charge in [0.25, 0.3) is 0 Å². The van der Waals surface area contributed by atoms with Crippen LogP contribution >= 0.6 is 0 Å². The fourth-order valence-electron chi connectivity index (χ4n) is 3.37. The third-order valence-corrected chi connectivity index (χ3v) is 5.45. The van der Waals surface area contributed by atoms with Crippen LogP contribution in [-0.2, 0) is 51.2 Å². The number of carbonyl (C=O) groups is 4. The van der Waals surface area contributed by atoms with Crippen LogP contribution in [0.4, 0.5) is 9.59 Å². The summed E-state index contributed by atoms with van der Waals surface area (Å²) in [5.41, 5.74) is 1.66. The van der Waals surface area contributed by atoms with E-state index in [2.05, 4.69) is 0 Å². The Morgan fingerprint density at radius 1 is 0.436 bits per heavy atom. The number of rotatable bonds is 18. The molecule has 0 unspecified atom stereocenters. The highest BCUT2D eigenvalue weighted by molar-refractivity contribution is 5.69. The molecule has 2 aromatic rings. The Kier molecular flexibility index (Phi) is 15.9. The van der Waals surface area contributed by atoms with Gasteiger partial charge in [-0.15, -0.1) is 0 Å². The number of benzene rings is 2. The highest BCUT2D eigenvalue weighted by Crippen LogP contribution is 2.11. The number of hydrogen-bond acceptors (Lipinski definition) is 10. The van der Waals surface area contributed by atoms with E-state index in [1.807, 2.05) is 60.7 Å². The van der Waals surface area contributed by atoms with E-state index < -0.39 is 37.8 Å². The normalized spacial score (nSPS) is 10.3. The van der Waals surface area contributed by atoms with Gasteiger partial charge in [0.05, 0.1) is 0 Å². The second-order valence-electron chi connectivity index (χ2n) is 8.58. The van der Waals surface area contributed by atoms with E-state index in [0.717, 1.165) is 43.2 Å². The minimum Gasteiger partial charge on any atom is -0.429 e. The summed E-state index contributed by atoms with van der Waals surface area (Å²) in [6, 6.07) is 18.3. The van der Waals surface area contributed by atoms with Crippen LogP contribution in [0.5, 0.6) is 0 Å². The second kappa shape index (κ2) is 20.0. The molecule has 39 heavy (non-hydrogen) atoms. The third kappa shape index (κ3) is 16.4. The van der Waals surface area contributed by atoms with Crippen molar-refractivity contribution in [3.05, 3.63) is 71.8 Å². The molecule has 0 saturated heterocycles. The molecule has 212 valence electrons. The second-order valence-corrected chi connectivity index (χ2v) is 8.58. The highest BCUT2D eigenvalue weighted by Gasteiger charge is 2.09. The Labute approximate surface area is 228 Å². The summed E-state index contributed by atoms with van der Waals surface area (Å²) < 4.78 is 29.1. The maximum absolute atomic E-state index is 11.7. The van der Waals surface area contributed by atoms with Crippen LogP contribution in [-0.4, -0.2) is 37.8 Å². The van der Waals surface area contributed by atoms with Crippen molar-refractivity contribution >= 4 is 24.2 Å². The lowest BCUT2D eigenvalue weighted by molar-refractivity contribution is -0.154. The zero-order valence-corrected chi connectivity index (χ0v) is 22.0. The molecule has 0 N–H and O–H groups in total. The van der Waals surface area contributed by atoms with Gasteiger partial charge >= 0.3 is 24.2 Å². The summed E-state index contributed by atoms with van der Waals surface area (Å²) in [6.45, 7) is -0.778. The molecule has 2 rings (SSSR count). The quantitative estimate of drug-likeness (QED) is 0.0926. The standard InChI is InChI=1S/C29H36O10/c30-26(36-22-38-28(32)34-20-24-14-8-6-9-15-24)18-12-4-2-1-3-5-13-19-27(31)37-23-39-29(33)35-21-25-16-10-7-11-17-25/h6-11,14-17H,1-5,12-13,18-23H2. The van der Waals surface area contributed by atoms with Crippen molar-refractivity contribution in [1.82, 2.24) is 0 Å². The van der Waals surface area contributed by atoms with Crippen molar-refractivity contribution in [2.45, 2.75) is 71.0 Å². The number of ether oxygens (including phenoxy) is 6. The van der Waals surface area contributed by atoms with Crippen LogP contribution in [0.3, 0.4) is 0 Å². The monoisotopic (exact) mass is 544 g/mol. The van der Waals surface area contributed by atoms with Crippen LogP contribution in [0.15, 0.2) is 60.7 Å². The van der Waals surface area contributed by atoms with E-state index in [0.29, 0.717) is 12.8 Å². The third-order valence-electron chi connectivity index (χ3n) is 5.45. The zero-order chi connectivity index (χ0) is 28.0. The first-order chi connectivity index (χ1) is 19.0. The molecule has 2 aromatic carbocycles. The molecule has 10 heteroatoms. The van der Waals surface area contributed by atoms with Crippen LogP contribution in [0.2, 0.25) is 0 Å². The molecular weight excluding hydrogens is 508 g/mol. The lowest BCUT2D eigenvalue weighted by Crippen LogP contribution is -2.13. The van der Waals surface area contributed by atoms with Crippen LogP contribution in [0.1, 0.15) is 68.9 Å². The topological polar surface area (TPSA) is 124 Å². The molecule has 0 heterocycles. The number of unbranched alkanes of at least 4 members (excludes halogenated alkanes) is 6. The molecule has 0 aliphatic heterocycles. The minimum absolute atomic E-state index is 0.0839. The molecule has 0 saturated carbocycles. The number of esters is 2.